The van der Waals surface area contributed by atoms with E-state index in [1.807, 2.05) is 0 Å². The van der Waals surface area contributed by atoms with E-state index < -0.39 is 11.8 Å². The van der Waals surface area contributed by atoms with Gasteiger partial charge in [-0.2, -0.15) is 0 Å². The molecule has 0 heterocycles. The molecular formula is C15H9BrClFO3. The van der Waals surface area contributed by atoms with Crippen molar-refractivity contribution in [1.29, 1.82) is 0 Å². The average Bonchev–Trinajstić information content (AvgIpc) is 2.40. The van der Waals surface area contributed by atoms with Gasteiger partial charge in [0.25, 0.3) is 0 Å². The summed E-state index contributed by atoms with van der Waals surface area (Å²) in [6.45, 7) is 0. The third-order valence-corrected chi connectivity index (χ3v) is 3.24. The number of rotatable bonds is 4. The summed E-state index contributed by atoms with van der Waals surface area (Å²) in [5, 5.41) is 8.96. The number of carbonyl (C=O) groups is 1. The maximum absolute atomic E-state index is 13.5. The van der Waals surface area contributed by atoms with Gasteiger partial charge in [0.1, 0.15) is 17.3 Å². The second-order valence-electron chi connectivity index (χ2n) is 4.07. The molecule has 6 heteroatoms. The fourth-order valence-electron chi connectivity index (χ4n) is 1.59. The van der Waals surface area contributed by atoms with Gasteiger partial charge in [-0.15, -0.1) is 0 Å². The van der Waals surface area contributed by atoms with Crippen LogP contribution >= 0.6 is 27.5 Å². The molecule has 2 aromatic rings. The van der Waals surface area contributed by atoms with Crippen molar-refractivity contribution in [2.75, 3.05) is 0 Å². The van der Waals surface area contributed by atoms with E-state index in [0.717, 1.165) is 10.5 Å². The van der Waals surface area contributed by atoms with Gasteiger partial charge in [0, 0.05) is 16.6 Å². The molecule has 0 aliphatic carbocycles. The molecule has 0 aliphatic heterocycles. The highest BCUT2D eigenvalue weighted by Gasteiger charge is 2.06. The molecule has 0 atom stereocenters. The van der Waals surface area contributed by atoms with Gasteiger partial charge in [0.15, 0.2) is 0 Å². The molecule has 0 fully saturated rings. The molecule has 3 nitrogen and oxygen atoms in total. The van der Waals surface area contributed by atoms with Crippen molar-refractivity contribution in [3.63, 3.8) is 0 Å². The molecular weight excluding hydrogens is 363 g/mol. The number of benzene rings is 2. The van der Waals surface area contributed by atoms with E-state index >= 15 is 0 Å². The molecule has 0 spiro atoms. The van der Waals surface area contributed by atoms with Crippen molar-refractivity contribution in [2.24, 2.45) is 0 Å². The molecule has 1 N–H and O–H groups in total. The molecule has 0 saturated heterocycles. The van der Waals surface area contributed by atoms with Crippen LogP contribution in [0.25, 0.3) is 6.08 Å². The highest BCUT2D eigenvalue weighted by Crippen LogP contribution is 2.32. The van der Waals surface area contributed by atoms with Gasteiger partial charge < -0.3 is 9.84 Å². The van der Waals surface area contributed by atoms with Crippen LogP contribution in [0, 0.1) is 5.82 Å². The molecule has 0 unspecified atom stereocenters. The van der Waals surface area contributed by atoms with Crippen molar-refractivity contribution >= 4 is 39.6 Å². The number of aliphatic carboxylic acids is 1. The van der Waals surface area contributed by atoms with E-state index in [1.165, 1.54) is 24.3 Å². The first-order chi connectivity index (χ1) is 9.94. The van der Waals surface area contributed by atoms with Gasteiger partial charge in [0.05, 0.1) is 5.02 Å². The first-order valence-electron chi connectivity index (χ1n) is 5.78. The Kier molecular flexibility index (Phi) is 4.98. The van der Waals surface area contributed by atoms with Crippen LogP contribution in [-0.4, -0.2) is 11.1 Å². The van der Waals surface area contributed by atoms with Crippen LogP contribution < -0.4 is 4.74 Å². The molecule has 0 aliphatic rings. The summed E-state index contributed by atoms with van der Waals surface area (Å²) in [5.74, 6) is -1.06. The van der Waals surface area contributed by atoms with Crippen molar-refractivity contribution in [3.05, 3.63) is 63.4 Å². The second kappa shape index (κ2) is 6.74. The summed E-state index contributed by atoms with van der Waals surface area (Å²) in [5.41, 5.74) is 0.374. The van der Waals surface area contributed by atoms with Crippen LogP contribution in [0.2, 0.25) is 5.02 Å². The third kappa shape index (κ3) is 4.58. The van der Waals surface area contributed by atoms with E-state index in [1.54, 1.807) is 18.2 Å². The smallest absolute Gasteiger partial charge is 0.328 e. The quantitative estimate of drug-likeness (QED) is 0.758. The molecule has 2 aromatic carbocycles. The Hall–Kier alpha value is -1.85. The minimum Gasteiger partial charge on any atom is -0.478 e. The SMILES string of the molecule is O=C(O)/C=C/c1cc(F)cc(Oc2cc(Br)ccc2Cl)c1. The van der Waals surface area contributed by atoms with Crippen molar-refractivity contribution in [1.82, 2.24) is 0 Å². The van der Waals surface area contributed by atoms with E-state index in [-0.39, 0.29) is 5.75 Å². The molecule has 0 radical (unpaired) electrons. The van der Waals surface area contributed by atoms with Crippen molar-refractivity contribution in [3.8, 4) is 11.5 Å². The van der Waals surface area contributed by atoms with Gasteiger partial charge in [0.2, 0.25) is 0 Å². The molecule has 0 bridgehead atoms. The van der Waals surface area contributed by atoms with Crippen LogP contribution in [0.5, 0.6) is 11.5 Å². The maximum atomic E-state index is 13.5. The van der Waals surface area contributed by atoms with Crippen LogP contribution in [0.1, 0.15) is 5.56 Å². The van der Waals surface area contributed by atoms with E-state index in [9.17, 15) is 9.18 Å². The average molecular weight is 372 g/mol. The Bertz CT molecular complexity index is 716. The molecule has 0 amide bonds. The lowest BCUT2D eigenvalue weighted by Gasteiger charge is -2.09. The molecule has 108 valence electrons. The lowest BCUT2D eigenvalue weighted by molar-refractivity contribution is -0.131. The number of hydrogen-bond acceptors (Lipinski definition) is 2. The lowest BCUT2D eigenvalue weighted by Crippen LogP contribution is -1.89. The number of ether oxygens (including phenoxy) is 1. The van der Waals surface area contributed by atoms with Crippen molar-refractivity contribution < 1.29 is 19.0 Å². The highest BCUT2D eigenvalue weighted by atomic mass is 79.9. The lowest BCUT2D eigenvalue weighted by atomic mass is 10.2. The highest BCUT2D eigenvalue weighted by molar-refractivity contribution is 9.10. The number of halogens is 3. The number of carboxylic acid groups (broad SMARTS) is 1. The topological polar surface area (TPSA) is 46.5 Å². The fourth-order valence-corrected chi connectivity index (χ4v) is 2.09. The van der Waals surface area contributed by atoms with Gasteiger partial charge in [-0.1, -0.05) is 27.5 Å². The number of hydrogen-bond donors (Lipinski definition) is 1. The van der Waals surface area contributed by atoms with Crippen LogP contribution in [-0.2, 0) is 4.79 Å². The zero-order valence-electron chi connectivity index (χ0n) is 10.5. The zero-order valence-corrected chi connectivity index (χ0v) is 12.9. The Labute approximate surface area is 133 Å². The predicted molar refractivity (Wildman–Crippen MR) is 82.3 cm³/mol. The normalized spacial score (nSPS) is 10.8. The first kappa shape index (κ1) is 15.5. The number of carboxylic acids is 1. The van der Waals surface area contributed by atoms with Gasteiger partial charge in [-0.25, -0.2) is 9.18 Å². The molecule has 0 saturated carbocycles. The predicted octanol–water partition coefficient (Wildman–Crippen LogP) is 5.13. The maximum Gasteiger partial charge on any atom is 0.328 e. The van der Waals surface area contributed by atoms with Gasteiger partial charge in [-0.3, -0.25) is 0 Å². The second-order valence-corrected chi connectivity index (χ2v) is 5.39. The summed E-state index contributed by atoms with van der Waals surface area (Å²) in [7, 11) is 0. The standard InChI is InChI=1S/C15H9BrClFO3/c16-10-2-3-13(17)14(7-10)21-12-6-9(1-4-15(19)20)5-11(18)8-12/h1-8H,(H,19,20)/b4-1+. The molecule has 21 heavy (non-hydrogen) atoms. The van der Waals surface area contributed by atoms with Crippen LogP contribution in [0.15, 0.2) is 46.9 Å². The summed E-state index contributed by atoms with van der Waals surface area (Å²) >= 11 is 9.29. The zero-order chi connectivity index (χ0) is 15.4. The van der Waals surface area contributed by atoms with Gasteiger partial charge >= 0.3 is 5.97 Å². The fraction of sp³-hybridized carbons (Fsp3) is 0. The Balaban J connectivity index is 2.31. The minimum atomic E-state index is -1.11. The van der Waals surface area contributed by atoms with E-state index in [0.29, 0.717) is 16.3 Å². The van der Waals surface area contributed by atoms with E-state index in [4.69, 9.17) is 21.4 Å². The summed E-state index contributed by atoms with van der Waals surface area (Å²) in [6.07, 6.45) is 2.20. The monoisotopic (exact) mass is 370 g/mol. The molecule has 0 aromatic heterocycles. The Morgan fingerprint density at radius 1 is 1.29 bits per heavy atom. The minimum absolute atomic E-state index is 0.222. The first-order valence-corrected chi connectivity index (χ1v) is 6.95. The summed E-state index contributed by atoms with van der Waals surface area (Å²) in [6, 6.07) is 8.96. The summed E-state index contributed by atoms with van der Waals surface area (Å²) in [4.78, 5) is 10.5. The van der Waals surface area contributed by atoms with Gasteiger partial charge in [-0.05, 0) is 42.0 Å². The molecule has 2 rings (SSSR count). The van der Waals surface area contributed by atoms with Crippen LogP contribution in [0.4, 0.5) is 4.39 Å². The van der Waals surface area contributed by atoms with Crippen LogP contribution in [0.3, 0.4) is 0 Å². The third-order valence-electron chi connectivity index (χ3n) is 2.43. The Morgan fingerprint density at radius 3 is 2.76 bits per heavy atom. The van der Waals surface area contributed by atoms with Crippen molar-refractivity contribution in [2.45, 2.75) is 0 Å². The Morgan fingerprint density at radius 2 is 2.05 bits per heavy atom. The summed E-state index contributed by atoms with van der Waals surface area (Å²) < 4.78 is 19.8. The van der Waals surface area contributed by atoms with E-state index in [2.05, 4.69) is 15.9 Å². The largest absolute Gasteiger partial charge is 0.478 e.